The zero-order chi connectivity index (χ0) is 13.5. The number of benzene rings is 1. The predicted molar refractivity (Wildman–Crippen MR) is 78.7 cm³/mol. The minimum Gasteiger partial charge on any atom is -0.317 e. The number of rotatable bonds is 5. The Kier molecular flexibility index (Phi) is 5.84. The molecular formula is C17H26FN. The third-order valence-electron chi connectivity index (χ3n) is 4.41. The molecule has 0 heterocycles. The quantitative estimate of drug-likeness (QED) is 0.786. The summed E-state index contributed by atoms with van der Waals surface area (Å²) in [6.07, 6.45) is 7.45. The highest BCUT2D eigenvalue weighted by Crippen LogP contribution is 2.31. The van der Waals surface area contributed by atoms with Crippen molar-refractivity contribution in [3.63, 3.8) is 0 Å². The van der Waals surface area contributed by atoms with Crippen LogP contribution in [0.25, 0.3) is 0 Å². The predicted octanol–water partition coefficient (Wildman–Crippen LogP) is 4.17. The van der Waals surface area contributed by atoms with E-state index in [1.165, 1.54) is 32.1 Å². The van der Waals surface area contributed by atoms with Crippen LogP contribution in [-0.4, -0.2) is 13.1 Å². The van der Waals surface area contributed by atoms with Gasteiger partial charge in [-0.1, -0.05) is 44.4 Å². The van der Waals surface area contributed by atoms with Crippen molar-refractivity contribution in [1.82, 2.24) is 5.32 Å². The first kappa shape index (κ1) is 14.5. The van der Waals surface area contributed by atoms with Gasteiger partial charge in [-0.2, -0.15) is 0 Å². The van der Waals surface area contributed by atoms with Crippen molar-refractivity contribution in [2.75, 3.05) is 13.1 Å². The highest BCUT2D eigenvalue weighted by molar-refractivity contribution is 5.18. The molecule has 0 aliphatic heterocycles. The molecule has 1 aliphatic rings. The molecule has 1 aromatic carbocycles. The van der Waals surface area contributed by atoms with Crippen molar-refractivity contribution in [3.05, 3.63) is 35.6 Å². The maximum absolute atomic E-state index is 13.8. The number of hydrogen-bond acceptors (Lipinski definition) is 1. The van der Waals surface area contributed by atoms with Gasteiger partial charge in [0.1, 0.15) is 5.82 Å². The van der Waals surface area contributed by atoms with Gasteiger partial charge in [-0.05, 0) is 55.8 Å². The average Bonchev–Trinajstić information content (AvgIpc) is 2.64. The average molecular weight is 263 g/mol. The minimum absolute atomic E-state index is 0.0334. The molecule has 1 N–H and O–H groups in total. The second-order valence-corrected chi connectivity index (χ2v) is 5.76. The van der Waals surface area contributed by atoms with E-state index in [1.807, 2.05) is 12.1 Å². The third-order valence-corrected chi connectivity index (χ3v) is 4.41. The van der Waals surface area contributed by atoms with Crippen LogP contribution in [0.4, 0.5) is 4.39 Å². The standard InChI is InChI=1S/C17H26FN/c1-2-19-13-16-10-5-3-4-8-14(16)12-15-9-6-7-11-17(15)18/h6-7,9,11,14,16,19H,2-5,8,10,12-13H2,1H3. The molecule has 106 valence electrons. The Morgan fingerprint density at radius 1 is 1.11 bits per heavy atom. The summed E-state index contributed by atoms with van der Waals surface area (Å²) in [6.45, 7) is 4.28. The Balaban J connectivity index is 2.03. The molecule has 0 radical (unpaired) electrons. The topological polar surface area (TPSA) is 12.0 Å². The summed E-state index contributed by atoms with van der Waals surface area (Å²) >= 11 is 0. The van der Waals surface area contributed by atoms with E-state index in [9.17, 15) is 4.39 Å². The van der Waals surface area contributed by atoms with Gasteiger partial charge >= 0.3 is 0 Å². The number of halogens is 1. The monoisotopic (exact) mass is 263 g/mol. The van der Waals surface area contributed by atoms with Gasteiger partial charge in [0, 0.05) is 0 Å². The van der Waals surface area contributed by atoms with Crippen molar-refractivity contribution in [3.8, 4) is 0 Å². The first-order valence-electron chi connectivity index (χ1n) is 7.75. The molecule has 2 rings (SSSR count). The first-order chi connectivity index (χ1) is 9.31. The molecule has 2 heteroatoms. The van der Waals surface area contributed by atoms with E-state index < -0.39 is 0 Å². The smallest absolute Gasteiger partial charge is 0.126 e. The lowest BCUT2D eigenvalue weighted by Crippen LogP contribution is -2.29. The SMILES string of the molecule is CCNCC1CCCCCC1Cc1ccccc1F. The van der Waals surface area contributed by atoms with Crippen LogP contribution in [0.5, 0.6) is 0 Å². The first-order valence-corrected chi connectivity index (χ1v) is 7.75. The molecule has 0 bridgehead atoms. The van der Waals surface area contributed by atoms with Crippen molar-refractivity contribution in [2.24, 2.45) is 11.8 Å². The van der Waals surface area contributed by atoms with Gasteiger partial charge in [0.2, 0.25) is 0 Å². The molecule has 1 aliphatic carbocycles. The van der Waals surface area contributed by atoms with Crippen LogP contribution in [0.2, 0.25) is 0 Å². The minimum atomic E-state index is -0.0334. The maximum atomic E-state index is 13.8. The van der Waals surface area contributed by atoms with E-state index in [4.69, 9.17) is 0 Å². The van der Waals surface area contributed by atoms with Gasteiger partial charge in [-0.25, -0.2) is 4.39 Å². The lowest BCUT2D eigenvalue weighted by atomic mass is 9.83. The molecule has 2 unspecified atom stereocenters. The van der Waals surface area contributed by atoms with Crippen molar-refractivity contribution >= 4 is 0 Å². The van der Waals surface area contributed by atoms with Gasteiger partial charge in [-0.3, -0.25) is 0 Å². The Labute approximate surface area is 116 Å². The van der Waals surface area contributed by atoms with E-state index >= 15 is 0 Å². The maximum Gasteiger partial charge on any atom is 0.126 e. The zero-order valence-electron chi connectivity index (χ0n) is 12.0. The van der Waals surface area contributed by atoms with Gasteiger partial charge in [-0.15, -0.1) is 0 Å². The summed E-state index contributed by atoms with van der Waals surface area (Å²) in [5.41, 5.74) is 0.899. The zero-order valence-corrected chi connectivity index (χ0v) is 12.0. The molecule has 0 spiro atoms. The van der Waals surface area contributed by atoms with E-state index in [1.54, 1.807) is 12.1 Å². The molecule has 1 fully saturated rings. The summed E-state index contributed by atoms with van der Waals surface area (Å²) in [5, 5.41) is 3.48. The fourth-order valence-corrected chi connectivity index (χ4v) is 3.27. The molecule has 1 nitrogen and oxygen atoms in total. The Hall–Kier alpha value is -0.890. The molecular weight excluding hydrogens is 237 g/mol. The molecule has 0 aromatic heterocycles. The van der Waals surface area contributed by atoms with Crippen LogP contribution in [0.15, 0.2) is 24.3 Å². The second kappa shape index (κ2) is 7.64. The van der Waals surface area contributed by atoms with Gasteiger partial charge < -0.3 is 5.32 Å². The number of nitrogens with one attached hydrogen (secondary N) is 1. The summed E-state index contributed by atoms with van der Waals surface area (Å²) in [7, 11) is 0. The van der Waals surface area contributed by atoms with Gasteiger partial charge in [0.15, 0.2) is 0 Å². The highest BCUT2D eigenvalue weighted by Gasteiger charge is 2.24. The summed E-state index contributed by atoms with van der Waals surface area (Å²) in [5.74, 6) is 1.31. The van der Waals surface area contributed by atoms with E-state index in [0.29, 0.717) is 11.8 Å². The Morgan fingerprint density at radius 3 is 2.58 bits per heavy atom. The van der Waals surface area contributed by atoms with Crippen LogP contribution in [-0.2, 0) is 6.42 Å². The van der Waals surface area contributed by atoms with Gasteiger partial charge in [0.25, 0.3) is 0 Å². The Morgan fingerprint density at radius 2 is 1.84 bits per heavy atom. The lowest BCUT2D eigenvalue weighted by molar-refractivity contribution is 0.297. The fourth-order valence-electron chi connectivity index (χ4n) is 3.27. The largest absolute Gasteiger partial charge is 0.317 e. The third kappa shape index (κ3) is 4.31. The Bertz CT molecular complexity index is 377. The summed E-state index contributed by atoms with van der Waals surface area (Å²) in [6, 6.07) is 7.27. The second-order valence-electron chi connectivity index (χ2n) is 5.76. The van der Waals surface area contributed by atoms with E-state index in [-0.39, 0.29) is 5.82 Å². The summed E-state index contributed by atoms with van der Waals surface area (Å²) in [4.78, 5) is 0. The molecule has 1 aromatic rings. The van der Waals surface area contributed by atoms with E-state index in [0.717, 1.165) is 25.1 Å². The molecule has 19 heavy (non-hydrogen) atoms. The molecule has 0 amide bonds. The lowest BCUT2D eigenvalue weighted by Gasteiger charge is -2.25. The molecule has 2 atom stereocenters. The van der Waals surface area contributed by atoms with Crippen molar-refractivity contribution in [2.45, 2.75) is 45.4 Å². The van der Waals surface area contributed by atoms with E-state index in [2.05, 4.69) is 12.2 Å². The van der Waals surface area contributed by atoms with Crippen molar-refractivity contribution < 1.29 is 4.39 Å². The highest BCUT2D eigenvalue weighted by atomic mass is 19.1. The van der Waals surface area contributed by atoms with Gasteiger partial charge in [0.05, 0.1) is 0 Å². The molecule has 0 saturated heterocycles. The fraction of sp³-hybridized carbons (Fsp3) is 0.647. The number of hydrogen-bond donors (Lipinski definition) is 1. The van der Waals surface area contributed by atoms with Crippen LogP contribution in [0.3, 0.4) is 0 Å². The molecule has 1 saturated carbocycles. The normalized spacial score (nSPS) is 24.1. The summed E-state index contributed by atoms with van der Waals surface area (Å²) < 4.78 is 13.8. The van der Waals surface area contributed by atoms with Crippen LogP contribution < -0.4 is 5.32 Å². The van der Waals surface area contributed by atoms with Crippen LogP contribution in [0.1, 0.15) is 44.6 Å². The van der Waals surface area contributed by atoms with Crippen molar-refractivity contribution in [1.29, 1.82) is 0 Å². The van der Waals surface area contributed by atoms with Crippen LogP contribution in [0, 0.1) is 17.7 Å². The van der Waals surface area contributed by atoms with Crippen LogP contribution >= 0.6 is 0 Å².